The van der Waals surface area contributed by atoms with Crippen molar-refractivity contribution in [1.82, 2.24) is 5.32 Å². The van der Waals surface area contributed by atoms with Gasteiger partial charge < -0.3 is 5.32 Å². The summed E-state index contributed by atoms with van der Waals surface area (Å²) in [7, 11) is 0. The van der Waals surface area contributed by atoms with E-state index in [1.165, 1.54) is 24.8 Å². The zero-order chi connectivity index (χ0) is 9.19. The van der Waals surface area contributed by atoms with E-state index < -0.39 is 12.0 Å². The average Bonchev–Trinajstić information content (AvgIpc) is 2.06. The molecule has 0 bridgehead atoms. The quantitative estimate of drug-likeness (QED) is 0.719. The number of allylic oxidation sites excluding steroid dienone is 1. The van der Waals surface area contributed by atoms with Crippen LogP contribution in [-0.2, 0) is 0 Å². The highest BCUT2D eigenvalue weighted by Crippen LogP contribution is 2.24. The average molecular weight is 191 g/mol. The van der Waals surface area contributed by atoms with E-state index in [2.05, 4.69) is 5.32 Å². The Kier molecular flexibility index (Phi) is 2.77. The van der Waals surface area contributed by atoms with Crippen LogP contribution in [0.25, 0.3) is 0 Å². The van der Waals surface area contributed by atoms with Crippen molar-refractivity contribution < 1.29 is 8.78 Å². The van der Waals surface area contributed by atoms with Crippen molar-refractivity contribution in [3.05, 3.63) is 23.3 Å². The minimum absolute atomic E-state index is 0.966. The van der Waals surface area contributed by atoms with Crippen LogP contribution in [0.3, 0.4) is 0 Å². The summed E-state index contributed by atoms with van der Waals surface area (Å²) in [4.78, 5) is 0.966. The Bertz CT molecular complexity index is 225. The second-order valence-corrected chi connectivity index (χ2v) is 3.69. The molecule has 4 heteroatoms. The van der Waals surface area contributed by atoms with Crippen LogP contribution >= 0.6 is 11.8 Å². The summed E-state index contributed by atoms with van der Waals surface area (Å²) in [5, 5.41) is 2.68. The molecule has 1 nitrogen and oxygen atoms in total. The Morgan fingerprint density at radius 2 is 2.25 bits per heavy atom. The van der Waals surface area contributed by atoms with E-state index in [9.17, 15) is 8.78 Å². The van der Waals surface area contributed by atoms with Crippen molar-refractivity contribution >= 4 is 11.8 Å². The Morgan fingerprint density at radius 3 is 2.58 bits per heavy atom. The molecule has 0 aromatic carbocycles. The van der Waals surface area contributed by atoms with Gasteiger partial charge in [-0.3, -0.25) is 0 Å². The van der Waals surface area contributed by atoms with Crippen molar-refractivity contribution in [2.24, 2.45) is 0 Å². The molecule has 1 unspecified atom stereocenters. The molecule has 0 saturated carbocycles. The highest BCUT2D eigenvalue weighted by atomic mass is 32.2. The number of nitrogens with one attached hydrogen (secondary N) is 1. The number of thioether (sulfide) groups is 1. The van der Waals surface area contributed by atoms with Gasteiger partial charge in [0.2, 0.25) is 0 Å². The highest BCUT2D eigenvalue weighted by molar-refractivity contribution is 8.02. The van der Waals surface area contributed by atoms with Crippen molar-refractivity contribution in [3.63, 3.8) is 0 Å². The molecule has 1 aliphatic heterocycles. The molecule has 1 aliphatic rings. The van der Waals surface area contributed by atoms with Crippen LogP contribution in [0.5, 0.6) is 0 Å². The Balaban J connectivity index is 2.70. The summed E-state index contributed by atoms with van der Waals surface area (Å²) in [6.45, 7) is 1.47. The fourth-order valence-corrected chi connectivity index (χ4v) is 1.22. The number of hydrogen-bond acceptors (Lipinski definition) is 2. The van der Waals surface area contributed by atoms with E-state index in [-0.39, 0.29) is 0 Å². The van der Waals surface area contributed by atoms with Crippen LogP contribution < -0.4 is 5.32 Å². The second kappa shape index (κ2) is 3.47. The number of alkyl halides is 2. The van der Waals surface area contributed by atoms with E-state index in [0.717, 1.165) is 4.91 Å². The molecule has 0 aromatic heterocycles. The molecule has 0 fully saturated rings. The molecule has 12 heavy (non-hydrogen) atoms. The molecule has 0 amide bonds. The lowest BCUT2D eigenvalue weighted by atomic mass is 10.0. The van der Waals surface area contributed by atoms with E-state index in [1.54, 1.807) is 12.3 Å². The fourth-order valence-electron chi connectivity index (χ4n) is 0.841. The molecule has 1 heterocycles. The lowest BCUT2D eigenvalue weighted by molar-refractivity contribution is 0.0742. The summed E-state index contributed by atoms with van der Waals surface area (Å²) >= 11 is 1.53. The normalized spacial score (nSPS) is 28.6. The summed E-state index contributed by atoms with van der Waals surface area (Å²) in [6, 6.07) is 0. The summed E-state index contributed by atoms with van der Waals surface area (Å²) < 4.78 is 24.8. The predicted octanol–water partition coefficient (Wildman–Crippen LogP) is 2.37. The van der Waals surface area contributed by atoms with Gasteiger partial charge in [-0.05, 0) is 19.3 Å². The first kappa shape index (κ1) is 9.58. The zero-order valence-corrected chi connectivity index (χ0v) is 7.79. The molecule has 0 saturated heterocycles. The van der Waals surface area contributed by atoms with Crippen molar-refractivity contribution in [2.45, 2.75) is 18.9 Å². The Labute approximate surface area is 74.9 Å². The van der Waals surface area contributed by atoms with Gasteiger partial charge in [0.25, 0.3) is 6.43 Å². The van der Waals surface area contributed by atoms with Crippen LogP contribution in [0, 0.1) is 0 Å². The molecule has 68 valence electrons. The van der Waals surface area contributed by atoms with Crippen LogP contribution in [-0.4, -0.2) is 18.2 Å². The van der Waals surface area contributed by atoms with E-state index in [4.69, 9.17) is 0 Å². The van der Waals surface area contributed by atoms with Gasteiger partial charge in [-0.1, -0.05) is 6.08 Å². The lowest BCUT2D eigenvalue weighted by Crippen LogP contribution is -2.45. The summed E-state index contributed by atoms with van der Waals surface area (Å²) in [6.07, 6.45) is 4.37. The van der Waals surface area contributed by atoms with E-state index in [1.807, 2.05) is 6.26 Å². The molecule has 0 aliphatic carbocycles. The first-order valence-corrected chi connectivity index (χ1v) is 4.80. The SMILES string of the molecule is CSC1=CNC(C)(C(F)F)C=C1. The molecular weight excluding hydrogens is 180 g/mol. The maximum absolute atomic E-state index is 12.4. The van der Waals surface area contributed by atoms with Gasteiger partial charge in [0, 0.05) is 11.1 Å². The van der Waals surface area contributed by atoms with Gasteiger partial charge in [0.05, 0.1) is 0 Å². The van der Waals surface area contributed by atoms with Gasteiger partial charge >= 0.3 is 0 Å². The molecule has 1 atom stereocenters. The molecule has 1 rings (SSSR count). The van der Waals surface area contributed by atoms with E-state index in [0.29, 0.717) is 0 Å². The lowest BCUT2D eigenvalue weighted by Gasteiger charge is -2.28. The van der Waals surface area contributed by atoms with Gasteiger partial charge in [-0.15, -0.1) is 11.8 Å². The van der Waals surface area contributed by atoms with E-state index >= 15 is 0 Å². The monoisotopic (exact) mass is 191 g/mol. The summed E-state index contributed by atoms with van der Waals surface area (Å²) in [5.74, 6) is 0. The topological polar surface area (TPSA) is 12.0 Å². The first-order chi connectivity index (χ1) is 5.58. The number of hydrogen-bond donors (Lipinski definition) is 1. The minimum atomic E-state index is -2.38. The Hall–Kier alpha value is -0.510. The van der Waals surface area contributed by atoms with Gasteiger partial charge in [0.15, 0.2) is 0 Å². The third kappa shape index (κ3) is 1.80. The second-order valence-electron chi connectivity index (χ2n) is 2.81. The smallest absolute Gasteiger partial charge is 0.264 e. The largest absolute Gasteiger partial charge is 0.376 e. The van der Waals surface area contributed by atoms with Crippen LogP contribution in [0.15, 0.2) is 23.3 Å². The molecule has 1 N–H and O–H groups in total. The Morgan fingerprint density at radius 1 is 1.58 bits per heavy atom. The van der Waals surface area contributed by atoms with Crippen LogP contribution in [0.1, 0.15) is 6.92 Å². The highest BCUT2D eigenvalue weighted by Gasteiger charge is 2.32. The van der Waals surface area contributed by atoms with Crippen LogP contribution in [0.2, 0.25) is 0 Å². The maximum Gasteiger partial charge on any atom is 0.264 e. The van der Waals surface area contributed by atoms with Gasteiger partial charge in [-0.2, -0.15) is 0 Å². The maximum atomic E-state index is 12.4. The molecule has 0 spiro atoms. The number of rotatable bonds is 2. The zero-order valence-electron chi connectivity index (χ0n) is 6.97. The van der Waals surface area contributed by atoms with Gasteiger partial charge in [0.1, 0.15) is 5.54 Å². The molecule has 0 aromatic rings. The van der Waals surface area contributed by atoms with Gasteiger partial charge in [-0.25, -0.2) is 8.78 Å². The van der Waals surface area contributed by atoms with Crippen molar-refractivity contribution in [2.75, 3.05) is 6.26 Å². The number of halogens is 2. The fraction of sp³-hybridized carbons (Fsp3) is 0.500. The number of dihydropyridines is 1. The minimum Gasteiger partial charge on any atom is -0.376 e. The van der Waals surface area contributed by atoms with Crippen LogP contribution in [0.4, 0.5) is 8.78 Å². The predicted molar refractivity (Wildman–Crippen MR) is 48.3 cm³/mol. The molecule has 0 radical (unpaired) electrons. The van der Waals surface area contributed by atoms with Crippen molar-refractivity contribution in [1.29, 1.82) is 0 Å². The first-order valence-electron chi connectivity index (χ1n) is 3.58. The third-order valence-electron chi connectivity index (χ3n) is 1.81. The van der Waals surface area contributed by atoms with Crippen molar-refractivity contribution in [3.8, 4) is 0 Å². The standard InChI is InChI=1S/C8H11F2NS/c1-8(7(9)10)4-3-6(12-2)5-11-8/h3-5,7,11H,1-2H3. The molecular formula is C8H11F2NS. The third-order valence-corrected chi connectivity index (χ3v) is 2.53. The summed E-state index contributed by atoms with van der Waals surface area (Å²) in [5.41, 5.74) is -1.20.